The number of aryl methyl sites for hydroxylation is 2. The number of methoxy groups -OCH3 is 2. The highest BCUT2D eigenvalue weighted by Gasteiger charge is 2.86. The van der Waals surface area contributed by atoms with E-state index < -0.39 is 52.7 Å². The van der Waals surface area contributed by atoms with Gasteiger partial charge < -0.3 is 23.7 Å². The van der Waals surface area contributed by atoms with E-state index in [9.17, 15) is 47.9 Å². The Hall–Kier alpha value is -3.38. The number of hydrogen-bond donors (Lipinski definition) is 2. The molecule has 45 heavy (non-hydrogen) atoms. The van der Waals surface area contributed by atoms with E-state index in [1.54, 1.807) is 38.3 Å². The molecule has 0 heterocycles. The fourth-order valence-electron chi connectivity index (χ4n) is 4.17. The second kappa shape index (κ2) is 13.9. The van der Waals surface area contributed by atoms with E-state index in [0.717, 1.165) is 11.3 Å². The number of fused-ring (bicyclic) bond motifs is 1. The van der Waals surface area contributed by atoms with Crippen LogP contribution in [-0.4, -0.2) is 63.1 Å². The van der Waals surface area contributed by atoms with E-state index in [1.807, 2.05) is 0 Å². The lowest BCUT2D eigenvalue weighted by Crippen LogP contribution is -2.63. The lowest BCUT2D eigenvalue weighted by atomic mass is 9.77. The predicted molar refractivity (Wildman–Crippen MR) is 146 cm³/mol. The molecule has 0 radical (unpaired) electrons. The van der Waals surface area contributed by atoms with Gasteiger partial charge in [-0.05, 0) is 72.6 Å². The smallest absolute Gasteiger partial charge is 0.488 e. The number of allylic oxidation sites excluding steroid dienone is 3. The highest BCUT2D eigenvalue weighted by Crippen LogP contribution is 2.55. The maximum atomic E-state index is 14.1. The van der Waals surface area contributed by atoms with Gasteiger partial charge in [0, 0.05) is 12.0 Å². The van der Waals surface area contributed by atoms with Crippen LogP contribution in [0.2, 0.25) is 0 Å². The van der Waals surface area contributed by atoms with Crippen LogP contribution in [0, 0.1) is 6.92 Å². The Morgan fingerprint density at radius 2 is 1.44 bits per heavy atom. The minimum Gasteiger partial charge on any atom is -0.497 e. The fourth-order valence-corrected chi connectivity index (χ4v) is 5.16. The molecule has 3 rings (SSSR count). The summed E-state index contributed by atoms with van der Waals surface area (Å²) in [6, 6.07) is 9.46. The van der Waals surface area contributed by atoms with Gasteiger partial charge in [-0.1, -0.05) is 18.2 Å². The summed E-state index contributed by atoms with van der Waals surface area (Å²) in [6.45, 7) is 5.22. The van der Waals surface area contributed by atoms with Crippen LogP contribution < -0.4 is 14.9 Å². The Balaban J connectivity index is 0.000000490. The molecule has 0 saturated heterocycles. The van der Waals surface area contributed by atoms with E-state index in [-0.39, 0.29) is 30.4 Å². The van der Waals surface area contributed by atoms with E-state index in [2.05, 4.69) is 10.8 Å². The molecule has 0 bridgehead atoms. The Kier molecular flexibility index (Phi) is 11.7. The predicted octanol–water partition coefficient (Wildman–Crippen LogP) is 5.77. The molecule has 2 aromatic rings. The van der Waals surface area contributed by atoms with Crippen LogP contribution >= 0.6 is 0 Å². The third-order valence-electron chi connectivity index (χ3n) is 6.57. The van der Waals surface area contributed by atoms with Crippen molar-refractivity contribution >= 4 is 28.3 Å². The van der Waals surface area contributed by atoms with Gasteiger partial charge in [-0.15, -0.1) is 6.58 Å². The van der Waals surface area contributed by atoms with Gasteiger partial charge in [0.15, 0.2) is 0 Å². The summed E-state index contributed by atoms with van der Waals surface area (Å²) in [5.41, 5.74) is 2.03. The van der Waals surface area contributed by atoms with E-state index >= 15 is 0 Å². The molecule has 1 aliphatic rings. The molecule has 1 aliphatic carbocycles. The normalized spacial score (nSPS) is 14.4. The molecule has 0 saturated carbocycles. The fraction of sp³-hybridized carbons (Fsp3) is 0.407. The van der Waals surface area contributed by atoms with Crippen molar-refractivity contribution in [3.63, 3.8) is 0 Å². The zero-order chi connectivity index (χ0) is 34.6. The van der Waals surface area contributed by atoms with Gasteiger partial charge in [-0.3, -0.25) is 0 Å². The molecule has 0 atom stereocenters. The first-order chi connectivity index (χ1) is 20.6. The van der Waals surface area contributed by atoms with Gasteiger partial charge >= 0.3 is 40.5 Å². The van der Waals surface area contributed by atoms with Crippen molar-refractivity contribution in [2.75, 3.05) is 14.2 Å². The van der Waals surface area contributed by atoms with Gasteiger partial charge in [0.2, 0.25) is 0 Å². The van der Waals surface area contributed by atoms with Crippen LogP contribution in [0.15, 0.2) is 54.8 Å². The van der Waals surface area contributed by atoms with Gasteiger partial charge in [0.1, 0.15) is 17.3 Å². The number of alkyl halides is 9. The van der Waals surface area contributed by atoms with E-state index in [4.69, 9.17) is 19.5 Å². The number of halogens is 9. The lowest BCUT2D eigenvalue weighted by Gasteiger charge is -2.32. The van der Waals surface area contributed by atoms with Crippen molar-refractivity contribution < 1.29 is 71.6 Å². The summed E-state index contributed by atoms with van der Waals surface area (Å²) in [6.07, 6.45) is -6.31. The first-order valence-electron chi connectivity index (χ1n) is 12.7. The first kappa shape index (κ1) is 37.8. The number of benzene rings is 2. The van der Waals surface area contributed by atoms with Crippen LogP contribution in [0.4, 0.5) is 39.5 Å². The molecular formula is C27H28BF9O7S. The van der Waals surface area contributed by atoms with Crippen LogP contribution in [0.5, 0.6) is 11.5 Å². The van der Waals surface area contributed by atoms with Crippen molar-refractivity contribution in [2.24, 2.45) is 0 Å². The second-order valence-corrected chi connectivity index (χ2v) is 11.2. The molecule has 7 nitrogen and oxygen atoms in total. The zero-order valence-corrected chi connectivity index (χ0v) is 24.7. The quantitative estimate of drug-likeness (QED) is 0.142. The van der Waals surface area contributed by atoms with E-state index in [0.29, 0.717) is 16.8 Å². The van der Waals surface area contributed by atoms with Gasteiger partial charge in [0.05, 0.1) is 14.2 Å². The maximum absolute atomic E-state index is 14.1. The van der Waals surface area contributed by atoms with Crippen molar-refractivity contribution in [2.45, 2.75) is 55.9 Å². The van der Waals surface area contributed by atoms with Crippen molar-refractivity contribution in [3.05, 3.63) is 71.5 Å². The molecule has 0 fully saturated rings. The average molecular weight is 678 g/mol. The summed E-state index contributed by atoms with van der Waals surface area (Å²) in [7, 11) is -5.50. The Labute approximate surface area is 253 Å². The summed E-state index contributed by atoms with van der Waals surface area (Å²) < 4.78 is 157. The van der Waals surface area contributed by atoms with Crippen LogP contribution in [0.25, 0.3) is 5.57 Å². The van der Waals surface area contributed by atoms with Gasteiger partial charge in [0.25, 0.3) is 0 Å². The Morgan fingerprint density at radius 1 is 0.889 bits per heavy atom. The topological polar surface area (TPSA) is 102 Å². The minimum absolute atomic E-state index is 0.0480. The zero-order valence-electron chi connectivity index (χ0n) is 23.9. The molecular weight excluding hydrogens is 650 g/mol. The molecule has 0 unspecified atom stereocenters. The molecule has 0 spiro atoms. The third-order valence-corrected chi connectivity index (χ3v) is 7.87. The highest BCUT2D eigenvalue weighted by molar-refractivity contribution is 7.88. The SMILES string of the molecule is C=CCC1=C(OS(=O)(=O)C(F)(F)C(F)(F)C(F)(F)C(F)(F)F)CCCc2cc(OC)ccc21.COc1ccc(B(O)O)c(C)c1. The number of hydrogen-bond acceptors (Lipinski definition) is 7. The first-order valence-corrected chi connectivity index (χ1v) is 14.2. The van der Waals surface area contributed by atoms with Crippen LogP contribution in [-0.2, 0) is 20.7 Å². The molecule has 2 aromatic carbocycles. The monoisotopic (exact) mass is 678 g/mol. The molecule has 0 aliphatic heterocycles. The van der Waals surface area contributed by atoms with Crippen LogP contribution in [0.3, 0.4) is 0 Å². The summed E-state index contributed by atoms with van der Waals surface area (Å²) >= 11 is 0. The molecule has 18 heteroatoms. The molecule has 0 amide bonds. The molecule has 2 N–H and O–H groups in total. The molecule has 250 valence electrons. The Bertz CT molecular complexity index is 1510. The summed E-state index contributed by atoms with van der Waals surface area (Å²) in [4.78, 5) is 0. The molecule has 0 aromatic heterocycles. The van der Waals surface area contributed by atoms with Crippen molar-refractivity contribution in [1.82, 2.24) is 0 Å². The summed E-state index contributed by atoms with van der Waals surface area (Å²) in [5.74, 6) is -14.4. The second-order valence-electron chi connectivity index (χ2n) is 9.57. The van der Waals surface area contributed by atoms with Crippen LogP contribution in [0.1, 0.15) is 36.0 Å². The van der Waals surface area contributed by atoms with E-state index in [1.165, 1.54) is 25.3 Å². The number of ether oxygens (including phenoxy) is 2. The third kappa shape index (κ3) is 7.72. The minimum atomic E-state index is -7.37. The highest BCUT2D eigenvalue weighted by atomic mass is 32.2. The average Bonchev–Trinajstić information content (AvgIpc) is 3.10. The Morgan fingerprint density at radius 3 is 1.93 bits per heavy atom. The standard InChI is InChI=1S/C19H17F9O4S.C8H11BO3/c1-3-5-14-13-9-8-12(31-2)10-11(13)6-4-7-15(14)32-33(29,30)19(27,28)17(22,23)16(20,21)18(24,25)26;1-6-5-7(12-2)3-4-8(6)9(10)11/h3,8-10H,1,4-7H2,2H3;3-5,10-11H,1-2H3. The van der Waals surface area contributed by atoms with Crippen molar-refractivity contribution in [3.8, 4) is 11.5 Å². The number of rotatable bonds is 10. The van der Waals surface area contributed by atoms with Gasteiger partial charge in [-0.25, -0.2) is 0 Å². The maximum Gasteiger partial charge on any atom is 0.488 e. The summed E-state index contributed by atoms with van der Waals surface area (Å²) in [5, 5.41) is 10.8. The largest absolute Gasteiger partial charge is 0.497 e. The van der Waals surface area contributed by atoms with Crippen molar-refractivity contribution in [1.29, 1.82) is 0 Å². The van der Waals surface area contributed by atoms with Gasteiger partial charge in [-0.2, -0.15) is 47.9 Å². The lowest BCUT2D eigenvalue weighted by molar-refractivity contribution is -0.382.